The first-order valence-corrected chi connectivity index (χ1v) is 7.49. The molecule has 1 aliphatic rings. The minimum atomic E-state index is -0.867. The third-order valence-electron chi connectivity index (χ3n) is 3.67. The van der Waals surface area contributed by atoms with Gasteiger partial charge in [-0.05, 0) is 18.6 Å². The Bertz CT molecular complexity index is 842. The molecule has 3 rings (SSSR count). The van der Waals surface area contributed by atoms with Crippen LogP contribution in [0.25, 0.3) is 0 Å². The number of carbonyl (C=O) groups excluding carboxylic acids is 1. The summed E-state index contributed by atoms with van der Waals surface area (Å²) in [5, 5.41) is 2.90. The van der Waals surface area contributed by atoms with Gasteiger partial charge < -0.3 is 25.5 Å². The van der Waals surface area contributed by atoms with E-state index in [1.165, 1.54) is 6.20 Å². The molecule has 124 valence electrons. The molecular weight excluding hydrogens is 310 g/mol. The van der Waals surface area contributed by atoms with Crippen molar-refractivity contribution in [1.82, 2.24) is 4.98 Å². The molecule has 0 saturated heterocycles. The number of benzene rings is 1. The second-order valence-corrected chi connectivity index (χ2v) is 5.17. The van der Waals surface area contributed by atoms with E-state index >= 15 is 0 Å². The molecule has 7 heteroatoms. The van der Waals surface area contributed by atoms with Gasteiger partial charge >= 0.3 is 6.16 Å². The van der Waals surface area contributed by atoms with Crippen molar-refractivity contribution in [3.63, 3.8) is 0 Å². The Balaban J connectivity index is 2.14. The largest absolute Gasteiger partial charge is 0.513 e. The van der Waals surface area contributed by atoms with Crippen LogP contribution < -0.4 is 16.6 Å². The Morgan fingerprint density at radius 2 is 2.00 bits per heavy atom. The third-order valence-corrected chi connectivity index (χ3v) is 3.67. The highest BCUT2D eigenvalue weighted by Crippen LogP contribution is 2.39. The molecule has 1 aromatic heterocycles. The average molecular weight is 327 g/mol. The fraction of sp³-hybridized carbons (Fsp3) is 0.176. The lowest BCUT2D eigenvalue weighted by Crippen LogP contribution is -2.31. The van der Waals surface area contributed by atoms with Gasteiger partial charge in [0.15, 0.2) is 5.76 Å². The van der Waals surface area contributed by atoms with Gasteiger partial charge in [0.1, 0.15) is 5.82 Å². The monoisotopic (exact) mass is 327 g/mol. The molecule has 1 aliphatic heterocycles. The lowest BCUT2D eigenvalue weighted by Gasteiger charge is -2.28. The Morgan fingerprint density at radius 1 is 1.25 bits per heavy atom. The number of pyridine rings is 1. The van der Waals surface area contributed by atoms with Gasteiger partial charge in [-0.15, -0.1) is 0 Å². The van der Waals surface area contributed by atoms with Crippen molar-refractivity contribution in [1.29, 1.82) is 0 Å². The van der Waals surface area contributed by atoms with E-state index in [9.17, 15) is 9.59 Å². The standard InChI is InChI=1S/C17H17N3O4/c1-2-23-17(22)24-14-12(10-6-4-3-5-7-10)13-11(20-15(14)18)8-9-19-16(13)21/h3-9,12,20H,2,18H2,1H3,(H,19,21). The molecule has 0 aliphatic carbocycles. The number of aromatic nitrogens is 1. The first-order chi connectivity index (χ1) is 11.6. The second-order valence-electron chi connectivity index (χ2n) is 5.17. The lowest BCUT2D eigenvalue weighted by atomic mass is 9.87. The summed E-state index contributed by atoms with van der Waals surface area (Å²) < 4.78 is 10.1. The number of hydrogen-bond acceptors (Lipinski definition) is 6. The van der Waals surface area contributed by atoms with Crippen molar-refractivity contribution in [3.8, 4) is 0 Å². The summed E-state index contributed by atoms with van der Waals surface area (Å²) >= 11 is 0. The fourth-order valence-corrected chi connectivity index (χ4v) is 2.69. The first kappa shape index (κ1) is 15.7. The number of fused-ring (bicyclic) bond motifs is 1. The summed E-state index contributed by atoms with van der Waals surface area (Å²) in [4.78, 5) is 26.8. The van der Waals surface area contributed by atoms with E-state index < -0.39 is 12.1 Å². The Labute approximate surface area is 138 Å². The van der Waals surface area contributed by atoms with Gasteiger partial charge in [0.05, 0.1) is 23.8 Å². The number of nitrogens with one attached hydrogen (secondary N) is 2. The molecule has 0 spiro atoms. The highest BCUT2D eigenvalue weighted by atomic mass is 16.7. The maximum atomic E-state index is 12.4. The maximum Gasteiger partial charge on any atom is 0.513 e. The summed E-state index contributed by atoms with van der Waals surface area (Å²) in [5.74, 6) is -0.310. The number of aromatic amines is 1. The molecule has 2 heterocycles. The molecular formula is C17H17N3O4. The lowest BCUT2D eigenvalue weighted by molar-refractivity contribution is 0.0776. The number of rotatable bonds is 3. The number of nitrogens with two attached hydrogens (primary N) is 1. The van der Waals surface area contributed by atoms with E-state index in [-0.39, 0.29) is 23.7 Å². The van der Waals surface area contributed by atoms with Gasteiger partial charge in [0, 0.05) is 6.20 Å². The normalized spacial score (nSPS) is 16.1. The van der Waals surface area contributed by atoms with Crippen LogP contribution in [0.4, 0.5) is 10.5 Å². The zero-order chi connectivity index (χ0) is 17.1. The average Bonchev–Trinajstić information content (AvgIpc) is 2.57. The predicted octanol–water partition coefficient (Wildman–Crippen LogP) is 2.23. The van der Waals surface area contributed by atoms with Gasteiger partial charge in [-0.3, -0.25) is 4.79 Å². The van der Waals surface area contributed by atoms with Crippen LogP contribution in [0.5, 0.6) is 0 Å². The van der Waals surface area contributed by atoms with Crippen molar-refractivity contribution in [2.45, 2.75) is 12.8 Å². The third kappa shape index (κ3) is 2.83. The second kappa shape index (κ2) is 6.49. The van der Waals surface area contributed by atoms with Crippen LogP contribution in [-0.2, 0) is 9.47 Å². The summed E-state index contributed by atoms with van der Waals surface area (Å²) in [6, 6.07) is 10.9. The Morgan fingerprint density at radius 3 is 2.71 bits per heavy atom. The van der Waals surface area contributed by atoms with Crippen LogP contribution in [0.2, 0.25) is 0 Å². The number of carbonyl (C=O) groups is 1. The Hall–Kier alpha value is -3.22. The molecule has 0 amide bonds. The minimum absolute atomic E-state index is 0.142. The summed E-state index contributed by atoms with van der Waals surface area (Å²) in [6.07, 6.45) is 0.662. The number of anilines is 1. The zero-order valence-electron chi connectivity index (χ0n) is 13.0. The quantitative estimate of drug-likeness (QED) is 0.746. The molecule has 0 radical (unpaired) electrons. The number of allylic oxidation sites excluding steroid dienone is 1. The van der Waals surface area contributed by atoms with Gasteiger partial charge in [-0.1, -0.05) is 30.3 Å². The highest BCUT2D eigenvalue weighted by molar-refractivity contribution is 5.67. The van der Waals surface area contributed by atoms with Crippen LogP contribution in [0.3, 0.4) is 0 Å². The van der Waals surface area contributed by atoms with E-state index in [1.54, 1.807) is 13.0 Å². The molecule has 2 aromatic rings. The zero-order valence-corrected chi connectivity index (χ0v) is 13.0. The van der Waals surface area contributed by atoms with Gasteiger partial charge in [0.2, 0.25) is 0 Å². The molecule has 1 aromatic carbocycles. The van der Waals surface area contributed by atoms with Crippen LogP contribution in [0, 0.1) is 0 Å². The van der Waals surface area contributed by atoms with Crippen LogP contribution in [-0.4, -0.2) is 17.7 Å². The first-order valence-electron chi connectivity index (χ1n) is 7.49. The number of ether oxygens (including phenoxy) is 2. The summed E-state index contributed by atoms with van der Waals surface area (Å²) in [7, 11) is 0. The Kier molecular flexibility index (Phi) is 4.24. The molecule has 7 nitrogen and oxygen atoms in total. The van der Waals surface area contributed by atoms with E-state index in [0.717, 1.165) is 5.56 Å². The van der Waals surface area contributed by atoms with Crippen molar-refractivity contribution in [2.75, 3.05) is 11.9 Å². The van der Waals surface area contributed by atoms with E-state index in [2.05, 4.69) is 10.3 Å². The number of hydrogen-bond donors (Lipinski definition) is 3. The summed E-state index contributed by atoms with van der Waals surface area (Å²) in [6.45, 7) is 1.85. The molecule has 0 saturated carbocycles. The predicted molar refractivity (Wildman–Crippen MR) is 88.3 cm³/mol. The number of H-pyrrole nitrogens is 1. The van der Waals surface area contributed by atoms with E-state index in [1.807, 2.05) is 30.3 Å². The van der Waals surface area contributed by atoms with Crippen LogP contribution in [0.1, 0.15) is 24.0 Å². The summed E-state index contributed by atoms with van der Waals surface area (Å²) in [5.41, 5.74) is 7.53. The smallest absolute Gasteiger partial charge is 0.434 e. The van der Waals surface area contributed by atoms with Crippen molar-refractivity contribution in [3.05, 3.63) is 75.7 Å². The van der Waals surface area contributed by atoms with Crippen molar-refractivity contribution in [2.24, 2.45) is 5.73 Å². The molecule has 24 heavy (non-hydrogen) atoms. The topological polar surface area (TPSA) is 106 Å². The van der Waals surface area contributed by atoms with E-state index in [4.69, 9.17) is 15.2 Å². The minimum Gasteiger partial charge on any atom is -0.434 e. The molecule has 1 unspecified atom stereocenters. The molecule has 4 N–H and O–H groups in total. The molecule has 1 atom stereocenters. The van der Waals surface area contributed by atoms with Crippen LogP contribution >= 0.6 is 0 Å². The molecule has 0 fully saturated rings. The van der Waals surface area contributed by atoms with Crippen LogP contribution in [0.15, 0.2) is 59.0 Å². The van der Waals surface area contributed by atoms with Gasteiger partial charge in [-0.2, -0.15) is 0 Å². The van der Waals surface area contributed by atoms with Gasteiger partial charge in [-0.25, -0.2) is 4.79 Å². The molecule has 0 bridgehead atoms. The maximum absolute atomic E-state index is 12.4. The highest BCUT2D eigenvalue weighted by Gasteiger charge is 2.34. The van der Waals surface area contributed by atoms with Crippen molar-refractivity contribution < 1.29 is 14.3 Å². The van der Waals surface area contributed by atoms with Crippen molar-refractivity contribution >= 4 is 11.8 Å². The fourth-order valence-electron chi connectivity index (χ4n) is 2.69. The van der Waals surface area contributed by atoms with E-state index in [0.29, 0.717) is 11.3 Å². The SMILES string of the molecule is CCOC(=O)OC1=C(N)Nc2cc[nH]c(=O)c2C1c1ccccc1. The van der Waals surface area contributed by atoms with Gasteiger partial charge in [0.25, 0.3) is 5.56 Å².